The molecular formula is C30H38N2O. The Bertz CT molecular complexity index is 995. The molecule has 2 aromatic rings. The van der Waals surface area contributed by atoms with Gasteiger partial charge in [-0.2, -0.15) is 0 Å². The van der Waals surface area contributed by atoms with E-state index in [1.54, 1.807) is 0 Å². The highest BCUT2D eigenvalue weighted by molar-refractivity contribution is 5.84. The molecule has 0 aliphatic carbocycles. The van der Waals surface area contributed by atoms with Crippen LogP contribution in [0, 0.1) is 18.8 Å². The number of hydrogen-bond donors (Lipinski definition) is 0. The molecule has 2 aliphatic rings. The summed E-state index contributed by atoms with van der Waals surface area (Å²) >= 11 is 0. The molecule has 2 aliphatic heterocycles. The summed E-state index contributed by atoms with van der Waals surface area (Å²) in [5.74, 6) is 1.31. The molecular weight excluding hydrogens is 404 g/mol. The first-order chi connectivity index (χ1) is 16.0. The standard InChI is InChI=1S/C30H38N2O/c1-5-11-28(27-15-10-9-12-23(27)3)24(4)32-19-17-26-20-22(2)21-31(30(33)29(26)32)18-16-25-13-7-6-8-14-25/h5-15,22,24,26,29H,1,16-21H2,2-4H3/b28-11-/t22?,24-,26+,29+/m1/s1. The Morgan fingerprint density at radius 2 is 1.88 bits per heavy atom. The van der Waals surface area contributed by atoms with E-state index in [0.29, 0.717) is 17.7 Å². The molecule has 174 valence electrons. The van der Waals surface area contributed by atoms with Gasteiger partial charge in [-0.1, -0.05) is 80.3 Å². The molecule has 3 heteroatoms. The second kappa shape index (κ2) is 10.5. The SMILES string of the molecule is C=C/C=C(\c1ccccc1C)[C@@H](C)N1CC[C@H]2CC(C)CN(CCc3ccccc3)C(=O)[C@H]21. The van der Waals surface area contributed by atoms with Crippen molar-refractivity contribution in [3.63, 3.8) is 0 Å². The fourth-order valence-electron chi connectivity index (χ4n) is 5.92. The summed E-state index contributed by atoms with van der Waals surface area (Å²) in [6.45, 7) is 13.4. The highest BCUT2D eigenvalue weighted by atomic mass is 16.2. The minimum Gasteiger partial charge on any atom is -0.341 e. The molecule has 2 fully saturated rings. The summed E-state index contributed by atoms with van der Waals surface area (Å²) < 4.78 is 0. The van der Waals surface area contributed by atoms with E-state index in [4.69, 9.17) is 0 Å². The molecule has 0 N–H and O–H groups in total. The first kappa shape index (κ1) is 23.5. The fourth-order valence-corrected chi connectivity index (χ4v) is 5.92. The van der Waals surface area contributed by atoms with Crippen LogP contribution in [-0.4, -0.2) is 47.4 Å². The smallest absolute Gasteiger partial charge is 0.240 e. The predicted molar refractivity (Wildman–Crippen MR) is 138 cm³/mol. The molecule has 3 nitrogen and oxygen atoms in total. The van der Waals surface area contributed by atoms with E-state index in [-0.39, 0.29) is 12.1 Å². The van der Waals surface area contributed by atoms with Crippen molar-refractivity contribution in [1.82, 2.24) is 9.80 Å². The van der Waals surface area contributed by atoms with Crippen LogP contribution in [0.4, 0.5) is 0 Å². The van der Waals surface area contributed by atoms with Gasteiger partial charge < -0.3 is 4.90 Å². The Morgan fingerprint density at radius 3 is 2.61 bits per heavy atom. The first-order valence-corrected chi connectivity index (χ1v) is 12.5. The normalized spacial score (nSPS) is 24.9. The average Bonchev–Trinajstić information content (AvgIpc) is 3.19. The van der Waals surface area contributed by atoms with Gasteiger partial charge in [0.15, 0.2) is 0 Å². The van der Waals surface area contributed by atoms with Crippen molar-refractivity contribution >= 4 is 11.5 Å². The van der Waals surface area contributed by atoms with Crippen LogP contribution < -0.4 is 0 Å². The number of carbonyl (C=O) groups is 1. The van der Waals surface area contributed by atoms with Gasteiger partial charge in [-0.25, -0.2) is 0 Å². The number of hydrogen-bond acceptors (Lipinski definition) is 2. The third-order valence-corrected chi connectivity index (χ3v) is 7.58. The van der Waals surface area contributed by atoms with Crippen LogP contribution in [0.15, 0.2) is 73.3 Å². The second-order valence-electron chi connectivity index (χ2n) is 9.94. The Kier molecular flexibility index (Phi) is 7.49. The van der Waals surface area contributed by atoms with Gasteiger partial charge in [0.1, 0.15) is 0 Å². The minimum atomic E-state index is -0.0297. The molecule has 2 aromatic carbocycles. The van der Waals surface area contributed by atoms with E-state index in [2.05, 4.69) is 91.8 Å². The van der Waals surface area contributed by atoms with Crippen molar-refractivity contribution in [2.24, 2.45) is 11.8 Å². The highest BCUT2D eigenvalue weighted by Crippen LogP contribution is 2.38. The largest absolute Gasteiger partial charge is 0.341 e. The number of amides is 1. The van der Waals surface area contributed by atoms with E-state index in [9.17, 15) is 4.79 Å². The molecule has 2 saturated heterocycles. The van der Waals surface area contributed by atoms with Gasteiger partial charge >= 0.3 is 0 Å². The van der Waals surface area contributed by atoms with E-state index < -0.39 is 0 Å². The molecule has 4 rings (SSSR count). The zero-order chi connectivity index (χ0) is 23.4. The third kappa shape index (κ3) is 5.14. The van der Waals surface area contributed by atoms with Crippen LogP contribution in [0.3, 0.4) is 0 Å². The van der Waals surface area contributed by atoms with Crippen molar-refractivity contribution < 1.29 is 4.79 Å². The van der Waals surface area contributed by atoms with Gasteiger partial charge in [-0.05, 0) is 73.8 Å². The number of benzene rings is 2. The molecule has 1 unspecified atom stereocenters. The maximum Gasteiger partial charge on any atom is 0.240 e. The maximum atomic E-state index is 13.9. The van der Waals surface area contributed by atoms with Crippen LogP contribution in [0.25, 0.3) is 5.57 Å². The summed E-state index contributed by atoms with van der Waals surface area (Å²) in [6, 6.07) is 19.2. The van der Waals surface area contributed by atoms with Crippen molar-refractivity contribution in [1.29, 1.82) is 0 Å². The topological polar surface area (TPSA) is 23.6 Å². The van der Waals surface area contributed by atoms with Crippen LogP contribution >= 0.6 is 0 Å². The number of allylic oxidation sites excluding steroid dienone is 2. The monoisotopic (exact) mass is 442 g/mol. The van der Waals surface area contributed by atoms with Gasteiger partial charge in [-0.3, -0.25) is 9.69 Å². The van der Waals surface area contributed by atoms with Crippen LogP contribution in [0.2, 0.25) is 0 Å². The Hall–Kier alpha value is -2.65. The molecule has 2 heterocycles. The maximum absolute atomic E-state index is 13.9. The first-order valence-electron chi connectivity index (χ1n) is 12.5. The second-order valence-corrected chi connectivity index (χ2v) is 9.94. The van der Waals surface area contributed by atoms with Gasteiger partial charge in [0.05, 0.1) is 6.04 Å². The molecule has 0 spiro atoms. The van der Waals surface area contributed by atoms with Gasteiger partial charge in [0.25, 0.3) is 0 Å². The Labute approximate surface area is 199 Å². The number of carbonyl (C=O) groups excluding carboxylic acids is 1. The summed E-state index contributed by atoms with van der Waals surface area (Å²) in [7, 11) is 0. The zero-order valence-corrected chi connectivity index (χ0v) is 20.4. The summed E-state index contributed by atoms with van der Waals surface area (Å²) in [5.41, 5.74) is 5.07. The lowest BCUT2D eigenvalue weighted by atomic mass is 9.90. The molecule has 0 saturated carbocycles. The quantitative estimate of drug-likeness (QED) is 0.510. The molecule has 0 aromatic heterocycles. The van der Waals surface area contributed by atoms with E-state index in [1.165, 1.54) is 22.3 Å². The van der Waals surface area contributed by atoms with E-state index in [1.807, 2.05) is 12.1 Å². The van der Waals surface area contributed by atoms with Crippen LogP contribution in [0.1, 0.15) is 43.4 Å². The number of aryl methyl sites for hydroxylation is 1. The van der Waals surface area contributed by atoms with Gasteiger partial charge in [0, 0.05) is 19.1 Å². The number of nitrogens with zero attached hydrogens (tertiary/aromatic N) is 2. The lowest BCUT2D eigenvalue weighted by Crippen LogP contribution is -2.50. The van der Waals surface area contributed by atoms with Crippen molar-refractivity contribution in [2.45, 2.75) is 52.1 Å². The molecule has 33 heavy (non-hydrogen) atoms. The lowest BCUT2D eigenvalue weighted by molar-refractivity contribution is -0.136. The summed E-state index contributed by atoms with van der Waals surface area (Å²) in [4.78, 5) is 18.6. The Balaban J connectivity index is 1.58. The summed E-state index contributed by atoms with van der Waals surface area (Å²) in [6.07, 6.45) is 7.17. The van der Waals surface area contributed by atoms with Gasteiger partial charge in [0.2, 0.25) is 5.91 Å². The fraction of sp³-hybridized carbons (Fsp3) is 0.433. The van der Waals surface area contributed by atoms with Gasteiger partial charge in [-0.15, -0.1) is 0 Å². The minimum absolute atomic E-state index is 0.0297. The predicted octanol–water partition coefficient (Wildman–Crippen LogP) is 5.75. The molecule has 1 amide bonds. The molecule has 0 radical (unpaired) electrons. The lowest BCUT2D eigenvalue weighted by Gasteiger charge is -2.35. The van der Waals surface area contributed by atoms with Crippen molar-refractivity contribution in [3.8, 4) is 0 Å². The highest BCUT2D eigenvalue weighted by Gasteiger charge is 2.46. The van der Waals surface area contributed by atoms with Crippen molar-refractivity contribution in [3.05, 3.63) is 90.0 Å². The van der Waals surface area contributed by atoms with E-state index >= 15 is 0 Å². The Morgan fingerprint density at radius 1 is 1.15 bits per heavy atom. The molecule has 4 atom stereocenters. The molecule has 0 bridgehead atoms. The van der Waals surface area contributed by atoms with Crippen molar-refractivity contribution in [2.75, 3.05) is 19.6 Å². The number of fused-ring (bicyclic) bond motifs is 1. The average molecular weight is 443 g/mol. The number of rotatable bonds is 7. The van der Waals surface area contributed by atoms with E-state index in [0.717, 1.165) is 38.9 Å². The summed E-state index contributed by atoms with van der Waals surface area (Å²) in [5, 5.41) is 0. The zero-order valence-electron chi connectivity index (χ0n) is 20.4. The number of likely N-dealkylation sites (tertiary alicyclic amines) is 2. The van der Waals surface area contributed by atoms with Crippen LogP contribution in [0.5, 0.6) is 0 Å². The van der Waals surface area contributed by atoms with Crippen LogP contribution in [-0.2, 0) is 11.2 Å². The third-order valence-electron chi connectivity index (χ3n) is 7.58.